The van der Waals surface area contributed by atoms with Crippen LogP contribution >= 0.6 is 11.6 Å². The molecule has 0 heterocycles. The van der Waals surface area contributed by atoms with Crippen molar-refractivity contribution in [2.75, 3.05) is 0 Å². The van der Waals surface area contributed by atoms with Gasteiger partial charge in [-0.1, -0.05) is 41.9 Å². The Hall–Kier alpha value is -2.83. The molecule has 2 aromatic rings. The van der Waals surface area contributed by atoms with Gasteiger partial charge in [0.05, 0.1) is 10.6 Å². The van der Waals surface area contributed by atoms with Gasteiger partial charge in [-0.3, -0.25) is 4.79 Å². The standard InChI is InChI=1S/C21H17ClN2O3S/c1-14-12-18(25)13-15(2)20(14)23-21(16-6-4-3-5-7-16)24-28(26,27)19-10-8-17(22)9-11-19/h3-13H,1-2H3/b24-21+. The number of hydrogen-bond donors (Lipinski definition) is 0. The normalized spacial score (nSPS) is 15.2. The molecule has 0 radical (unpaired) electrons. The molecule has 0 N–H and O–H groups in total. The molecular weight excluding hydrogens is 396 g/mol. The van der Waals surface area contributed by atoms with Crippen LogP contribution in [0.25, 0.3) is 0 Å². The van der Waals surface area contributed by atoms with Gasteiger partial charge in [0.15, 0.2) is 11.6 Å². The fourth-order valence-electron chi connectivity index (χ4n) is 2.70. The van der Waals surface area contributed by atoms with Crippen molar-refractivity contribution in [2.45, 2.75) is 18.7 Å². The van der Waals surface area contributed by atoms with Gasteiger partial charge in [-0.2, -0.15) is 8.42 Å². The Labute approximate surface area is 168 Å². The minimum absolute atomic E-state index is 0.0175. The van der Waals surface area contributed by atoms with Gasteiger partial charge in [0.1, 0.15) is 0 Å². The molecule has 142 valence electrons. The number of hydrogen-bond acceptors (Lipinski definition) is 3. The number of carbonyl (C=O) groups is 1. The van der Waals surface area contributed by atoms with E-state index in [1.165, 1.54) is 36.4 Å². The summed E-state index contributed by atoms with van der Waals surface area (Å²) in [7, 11) is -4.00. The fraction of sp³-hybridized carbons (Fsp3) is 0.0952. The number of benzene rings is 2. The molecule has 0 fully saturated rings. The summed E-state index contributed by atoms with van der Waals surface area (Å²) in [6.07, 6.45) is 2.92. The van der Waals surface area contributed by atoms with Crippen LogP contribution in [-0.2, 0) is 14.8 Å². The lowest BCUT2D eigenvalue weighted by atomic mass is 9.97. The Bertz CT molecular complexity index is 1120. The molecule has 0 bridgehead atoms. The van der Waals surface area contributed by atoms with Crippen LogP contribution in [-0.4, -0.2) is 25.7 Å². The number of sulfonamides is 1. The van der Waals surface area contributed by atoms with E-state index >= 15 is 0 Å². The predicted octanol–water partition coefficient (Wildman–Crippen LogP) is 4.39. The molecule has 0 saturated carbocycles. The summed E-state index contributed by atoms with van der Waals surface area (Å²) in [5.74, 6) is -0.0821. The Morgan fingerprint density at radius 2 is 1.46 bits per heavy atom. The minimum atomic E-state index is -4.00. The summed E-state index contributed by atoms with van der Waals surface area (Å²) >= 11 is 5.84. The molecule has 0 aromatic heterocycles. The van der Waals surface area contributed by atoms with Crippen molar-refractivity contribution in [3.63, 3.8) is 0 Å². The Morgan fingerprint density at radius 3 is 2.04 bits per heavy atom. The van der Waals surface area contributed by atoms with Gasteiger partial charge in [0.2, 0.25) is 0 Å². The van der Waals surface area contributed by atoms with Gasteiger partial charge in [-0.15, -0.1) is 4.40 Å². The molecule has 28 heavy (non-hydrogen) atoms. The van der Waals surface area contributed by atoms with E-state index in [0.717, 1.165) is 0 Å². The lowest BCUT2D eigenvalue weighted by Crippen LogP contribution is -2.14. The summed E-state index contributed by atoms with van der Waals surface area (Å²) in [6, 6.07) is 14.6. The van der Waals surface area contributed by atoms with Crippen molar-refractivity contribution in [1.82, 2.24) is 0 Å². The smallest absolute Gasteiger partial charge is 0.284 e. The highest BCUT2D eigenvalue weighted by atomic mass is 35.5. The van der Waals surface area contributed by atoms with Gasteiger partial charge >= 0.3 is 0 Å². The number of aliphatic imine (C=N–C) groups is 1. The number of nitrogens with zero attached hydrogens (tertiary/aromatic N) is 2. The summed E-state index contributed by atoms with van der Waals surface area (Å²) < 4.78 is 29.6. The monoisotopic (exact) mass is 412 g/mol. The van der Waals surface area contributed by atoms with E-state index in [2.05, 4.69) is 9.39 Å². The summed E-state index contributed by atoms with van der Waals surface area (Å²) in [5, 5.41) is 0.430. The maximum atomic E-state index is 12.8. The first kappa shape index (κ1) is 19.9. The third-order valence-electron chi connectivity index (χ3n) is 4.03. The van der Waals surface area contributed by atoms with E-state index in [1.54, 1.807) is 38.1 Å². The lowest BCUT2D eigenvalue weighted by molar-refractivity contribution is -0.110. The van der Waals surface area contributed by atoms with Crippen LogP contribution in [0.2, 0.25) is 5.02 Å². The predicted molar refractivity (Wildman–Crippen MR) is 112 cm³/mol. The maximum Gasteiger partial charge on any atom is 0.284 e. The molecule has 1 aliphatic rings. The second-order valence-corrected chi connectivity index (χ2v) is 8.27. The molecule has 0 aliphatic heterocycles. The van der Waals surface area contributed by atoms with Gasteiger partial charge < -0.3 is 0 Å². The van der Waals surface area contributed by atoms with Gasteiger partial charge in [0, 0.05) is 10.6 Å². The molecule has 0 amide bonds. The van der Waals surface area contributed by atoms with Crippen molar-refractivity contribution < 1.29 is 13.2 Å². The van der Waals surface area contributed by atoms with E-state index in [-0.39, 0.29) is 16.5 Å². The van der Waals surface area contributed by atoms with Crippen molar-refractivity contribution in [2.24, 2.45) is 9.39 Å². The quantitative estimate of drug-likeness (QED) is 0.426. The van der Waals surface area contributed by atoms with Crippen LogP contribution in [0.15, 0.2) is 92.2 Å². The highest BCUT2D eigenvalue weighted by Gasteiger charge is 2.18. The van der Waals surface area contributed by atoms with Crippen LogP contribution in [0.4, 0.5) is 0 Å². The molecular formula is C21H17ClN2O3S. The number of halogens is 1. The molecule has 1 aliphatic carbocycles. The number of allylic oxidation sites excluding steroid dienone is 4. The van der Waals surface area contributed by atoms with Crippen LogP contribution in [0.3, 0.4) is 0 Å². The van der Waals surface area contributed by atoms with Crippen molar-refractivity contribution >= 4 is 39.0 Å². The lowest BCUT2D eigenvalue weighted by Gasteiger charge is -2.12. The van der Waals surface area contributed by atoms with Crippen LogP contribution in [0, 0.1) is 0 Å². The van der Waals surface area contributed by atoms with Crippen molar-refractivity contribution in [3.8, 4) is 0 Å². The fourth-order valence-corrected chi connectivity index (χ4v) is 3.78. The molecule has 3 rings (SSSR count). The third kappa shape index (κ3) is 4.52. The molecule has 5 nitrogen and oxygen atoms in total. The topological polar surface area (TPSA) is 75.9 Å². The number of rotatable bonds is 3. The SMILES string of the molecule is CC1=CC(=O)C=C(C)C1=N/C(=N/S(=O)(=O)c1ccc(Cl)cc1)c1ccccc1. The van der Waals surface area contributed by atoms with Gasteiger partial charge in [0.25, 0.3) is 10.0 Å². The second-order valence-electron chi connectivity index (χ2n) is 6.23. The van der Waals surface area contributed by atoms with E-state index in [0.29, 0.717) is 27.4 Å². The largest absolute Gasteiger partial charge is 0.290 e. The van der Waals surface area contributed by atoms with E-state index < -0.39 is 10.0 Å². The molecule has 0 atom stereocenters. The summed E-state index contributed by atoms with van der Waals surface area (Å²) in [5.41, 5.74) is 2.37. The third-order valence-corrected chi connectivity index (χ3v) is 5.57. The number of amidine groups is 1. The average molecular weight is 413 g/mol. The Balaban J connectivity index is 2.16. The molecule has 7 heteroatoms. The Kier molecular flexibility index (Phi) is 5.72. The van der Waals surface area contributed by atoms with Gasteiger partial charge in [-0.25, -0.2) is 4.99 Å². The molecule has 0 saturated heterocycles. The maximum absolute atomic E-state index is 12.8. The zero-order valence-electron chi connectivity index (χ0n) is 15.3. The van der Waals surface area contributed by atoms with Crippen molar-refractivity contribution in [1.29, 1.82) is 0 Å². The van der Waals surface area contributed by atoms with E-state index in [9.17, 15) is 13.2 Å². The second kappa shape index (κ2) is 8.04. The van der Waals surface area contributed by atoms with Gasteiger partial charge in [-0.05, 0) is 61.4 Å². The first-order chi connectivity index (χ1) is 13.3. The average Bonchev–Trinajstić information content (AvgIpc) is 2.64. The van der Waals surface area contributed by atoms with Crippen LogP contribution < -0.4 is 0 Å². The Morgan fingerprint density at radius 1 is 0.893 bits per heavy atom. The minimum Gasteiger partial charge on any atom is -0.290 e. The summed E-state index contributed by atoms with van der Waals surface area (Å²) in [4.78, 5) is 16.2. The molecule has 0 spiro atoms. The first-order valence-electron chi connectivity index (χ1n) is 8.42. The zero-order chi connectivity index (χ0) is 20.3. The van der Waals surface area contributed by atoms with E-state index in [4.69, 9.17) is 11.6 Å². The molecule has 2 aromatic carbocycles. The summed E-state index contributed by atoms with van der Waals surface area (Å²) in [6.45, 7) is 3.51. The zero-order valence-corrected chi connectivity index (χ0v) is 16.8. The van der Waals surface area contributed by atoms with Crippen molar-refractivity contribution in [3.05, 3.63) is 88.5 Å². The van der Waals surface area contributed by atoms with Crippen LogP contribution in [0.5, 0.6) is 0 Å². The first-order valence-corrected chi connectivity index (χ1v) is 10.2. The highest BCUT2D eigenvalue weighted by molar-refractivity contribution is 7.90. The highest BCUT2D eigenvalue weighted by Crippen LogP contribution is 2.20. The number of carbonyl (C=O) groups excluding carboxylic acids is 1. The number of ketones is 1. The van der Waals surface area contributed by atoms with E-state index in [1.807, 2.05) is 6.07 Å². The van der Waals surface area contributed by atoms with Crippen LogP contribution in [0.1, 0.15) is 19.4 Å². The molecule has 0 unspecified atom stereocenters.